The van der Waals surface area contributed by atoms with Crippen molar-refractivity contribution in [1.29, 1.82) is 0 Å². The van der Waals surface area contributed by atoms with E-state index in [0.717, 1.165) is 0 Å². The summed E-state index contributed by atoms with van der Waals surface area (Å²) >= 11 is 3.24. The number of rotatable bonds is 9. The van der Waals surface area contributed by atoms with Crippen molar-refractivity contribution < 1.29 is 42.0 Å². The van der Waals surface area contributed by atoms with Gasteiger partial charge in [-0.3, -0.25) is 0 Å². The summed E-state index contributed by atoms with van der Waals surface area (Å²) in [5.74, 6) is -1.35. The lowest BCUT2D eigenvalue weighted by molar-refractivity contribution is -0.188. The second-order valence-corrected chi connectivity index (χ2v) is 9.92. The van der Waals surface area contributed by atoms with Crippen LogP contribution in [0.1, 0.15) is 13.8 Å². The minimum atomic E-state index is -4.14. The molecule has 9 nitrogen and oxygen atoms in total. The highest BCUT2D eigenvalue weighted by Crippen LogP contribution is 2.49. The van der Waals surface area contributed by atoms with Crippen LogP contribution in [0.15, 0.2) is 45.2 Å². The van der Waals surface area contributed by atoms with E-state index in [9.17, 15) is 18.4 Å². The standard InChI is InChI=1S/C16H22BrO9PS/c1-10(2)16(9-22-3)14(25-27(19)26-23-4)13(18)15(24-16)28(20,21)12-7-5-11(17)6-8-12/h5-8,10,15,18-19H,9H2,1-4H3. The molecule has 3 atom stereocenters. The van der Waals surface area contributed by atoms with E-state index in [2.05, 4.69) is 25.5 Å². The zero-order chi connectivity index (χ0) is 21.1. The molecule has 0 aromatic heterocycles. The molecule has 0 aliphatic carbocycles. The van der Waals surface area contributed by atoms with Crippen LogP contribution in [-0.4, -0.2) is 50.3 Å². The van der Waals surface area contributed by atoms with Gasteiger partial charge in [-0.15, -0.1) is 4.67 Å². The number of hydrogen-bond donors (Lipinski definition) is 2. The summed E-state index contributed by atoms with van der Waals surface area (Å²) in [5.41, 5.74) is -3.21. The van der Waals surface area contributed by atoms with E-state index in [0.29, 0.717) is 4.47 Å². The first-order chi connectivity index (χ1) is 13.1. The van der Waals surface area contributed by atoms with Crippen molar-refractivity contribution in [1.82, 2.24) is 0 Å². The third-order valence-electron chi connectivity index (χ3n) is 4.18. The van der Waals surface area contributed by atoms with E-state index in [4.69, 9.17) is 14.0 Å². The van der Waals surface area contributed by atoms with Gasteiger partial charge < -0.3 is 24.0 Å². The van der Waals surface area contributed by atoms with Crippen LogP contribution in [0.4, 0.5) is 0 Å². The monoisotopic (exact) mass is 500 g/mol. The lowest BCUT2D eigenvalue weighted by Crippen LogP contribution is -2.44. The van der Waals surface area contributed by atoms with Crippen LogP contribution in [0.25, 0.3) is 0 Å². The normalized spacial score (nSPS) is 24.0. The van der Waals surface area contributed by atoms with E-state index in [1.807, 2.05) is 0 Å². The Bertz CT molecular complexity index is 812. The van der Waals surface area contributed by atoms with E-state index in [1.54, 1.807) is 26.0 Å². The quantitative estimate of drug-likeness (QED) is 0.299. The third kappa shape index (κ3) is 4.52. The third-order valence-corrected chi connectivity index (χ3v) is 7.14. The maximum Gasteiger partial charge on any atom is 0.424 e. The van der Waals surface area contributed by atoms with Gasteiger partial charge in [-0.2, -0.15) is 0 Å². The van der Waals surface area contributed by atoms with Crippen LogP contribution in [0.3, 0.4) is 0 Å². The molecule has 28 heavy (non-hydrogen) atoms. The molecule has 12 heteroatoms. The van der Waals surface area contributed by atoms with Crippen LogP contribution in [0.2, 0.25) is 0 Å². The van der Waals surface area contributed by atoms with Crippen molar-refractivity contribution in [3.05, 3.63) is 40.3 Å². The molecular formula is C16H22BrO9PS. The zero-order valence-corrected chi connectivity index (χ0v) is 19.0. The van der Waals surface area contributed by atoms with Gasteiger partial charge >= 0.3 is 8.60 Å². The lowest BCUT2D eigenvalue weighted by Gasteiger charge is -2.34. The highest BCUT2D eigenvalue weighted by Gasteiger charge is 2.56. The van der Waals surface area contributed by atoms with Gasteiger partial charge in [0.15, 0.2) is 17.1 Å². The maximum atomic E-state index is 13.1. The van der Waals surface area contributed by atoms with Crippen LogP contribution in [0, 0.1) is 5.92 Å². The average Bonchev–Trinajstić information content (AvgIpc) is 2.90. The number of ether oxygens (including phenoxy) is 2. The summed E-state index contributed by atoms with van der Waals surface area (Å²) in [7, 11) is -4.18. The van der Waals surface area contributed by atoms with E-state index in [1.165, 1.54) is 26.4 Å². The highest BCUT2D eigenvalue weighted by atomic mass is 79.9. The van der Waals surface area contributed by atoms with Crippen molar-refractivity contribution in [3.63, 3.8) is 0 Å². The fourth-order valence-electron chi connectivity index (χ4n) is 2.74. The predicted octanol–water partition coefficient (Wildman–Crippen LogP) is 3.20. The predicted molar refractivity (Wildman–Crippen MR) is 104 cm³/mol. The summed E-state index contributed by atoms with van der Waals surface area (Å²) in [6.07, 6.45) is 0. The van der Waals surface area contributed by atoms with Crippen molar-refractivity contribution >= 4 is 34.4 Å². The second kappa shape index (κ2) is 9.36. The molecule has 0 fully saturated rings. The van der Waals surface area contributed by atoms with E-state index >= 15 is 0 Å². The van der Waals surface area contributed by atoms with Gasteiger partial charge in [-0.25, -0.2) is 13.3 Å². The van der Waals surface area contributed by atoms with Crippen LogP contribution < -0.4 is 0 Å². The van der Waals surface area contributed by atoms with Gasteiger partial charge in [-0.05, 0) is 30.2 Å². The van der Waals surface area contributed by atoms with E-state index in [-0.39, 0.29) is 23.2 Å². The summed E-state index contributed by atoms with van der Waals surface area (Å²) in [6, 6.07) is 5.89. The number of aliphatic hydroxyl groups excluding tert-OH is 1. The molecule has 2 N–H and O–H groups in total. The fourth-order valence-corrected chi connectivity index (χ4v) is 5.03. The molecule has 1 aliphatic rings. The molecular weight excluding hydrogens is 479 g/mol. The van der Waals surface area contributed by atoms with Crippen molar-refractivity contribution in [2.24, 2.45) is 5.92 Å². The Morgan fingerprint density at radius 3 is 2.39 bits per heavy atom. The molecule has 1 aliphatic heterocycles. The Labute approximate surface area is 173 Å². The molecule has 0 bridgehead atoms. The lowest BCUT2D eigenvalue weighted by atomic mass is 9.89. The molecule has 1 aromatic carbocycles. The number of benzene rings is 1. The SMILES string of the molecule is COCC1(C(C)C)OC(S(=O)(=O)c2ccc(Br)cc2)C(O)=C1OP(O)OOC. The van der Waals surface area contributed by atoms with Crippen LogP contribution in [-0.2, 0) is 33.4 Å². The first kappa shape index (κ1) is 23.5. The van der Waals surface area contributed by atoms with Gasteiger partial charge in [0.2, 0.25) is 15.3 Å². The Hall–Kier alpha value is -0.780. The van der Waals surface area contributed by atoms with Crippen LogP contribution in [0.5, 0.6) is 0 Å². The zero-order valence-electron chi connectivity index (χ0n) is 15.7. The first-order valence-electron chi connectivity index (χ1n) is 8.07. The molecule has 158 valence electrons. The molecule has 3 unspecified atom stereocenters. The molecule has 0 saturated carbocycles. The molecule has 0 amide bonds. The van der Waals surface area contributed by atoms with Gasteiger partial charge in [-0.1, -0.05) is 29.8 Å². The largest absolute Gasteiger partial charge is 0.505 e. The van der Waals surface area contributed by atoms with Gasteiger partial charge in [0.1, 0.15) is 0 Å². The van der Waals surface area contributed by atoms with Crippen molar-refractivity contribution in [2.75, 3.05) is 20.8 Å². The Kier molecular flexibility index (Phi) is 7.85. The number of halogens is 1. The number of hydrogen-bond acceptors (Lipinski definition) is 9. The summed E-state index contributed by atoms with van der Waals surface area (Å²) in [5, 5.41) is 10.7. The fraction of sp³-hybridized carbons (Fsp3) is 0.500. The number of aliphatic hydroxyl groups is 1. The molecule has 2 rings (SSSR count). The highest BCUT2D eigenvalue weighted by molar-refractivity contribution is 9.10. The van der Waals surface area contributed by atoms with Crippen LogP contribution >= 0.6 is 24.5 Å². The minimum Gasteiger partial charge on any atom is -0.505 e. The molecule has 0 radical (unpaired) electrons. The van der Waals surface area contributed by atoms with Crippen molar-refractivity contribution in [2.45, 2.75) is 29.8 Å². The van der Waals surface area contributed by atoms with E-state index < -0.39 is 35.2 Å². The second-order valence-electron chi connectivity index (χ2n) is 6.21. The molecule has 0 saturated heterocycles. The molecule has 1 heterocycles. The summed E-state index contributed by atoms with van der Waals surface area (Å²) < 4.78 is 47.7. The Morgan fingerprint density at radius 1 is 1.29 bits per heavy atom. The number of sulfone groups is 1. The maximum absolute atomic E-state index is 13.1. The summed E-state index contributed by atoms with van der Waals surface area (Å²) in [6.45, 7) is 3.34. The van der Waals surface area contributed by atoms with Gasteiger partial charge in [0.25, 0.3) is 0 Å². The minimum absolute atomic E-state index is 0.0528. The van der Waals surface area contributed by atoms with Gasteiger partial charge in [0.05, 0.1) is 18.6 Å². The Morgan fingerprint density at radius 2 is 1.89 bits per heavy atom. The summed E-state index contributed by atoms with van der Waals surface area (Å²) in [4.78, 5) is 14.2. The van der Waals surface area contributed by atoms with Crippen molar-refractivity contribution in [3.8, 4) is 0 Å². The smallest absolute Gasteiger partial charge is 0.424 e. The van der Waals surface area contributed by atoms with Gasteiger partial charge in [0, 0.05) is 11.6 Å². The molecule has 1 aromatic rings. The topological polar surface area (TPSA) is 121 Å². The Balaban J connectivity index is 2.54. The molecule has 0 spiro atoms. The average molecular weight is 501 g/mol. The first-order valence-corrected chi connectivity index (χ1v) is 11.5. The number of methoxy groups -OCH3 is 1.